The SMILES string of the molecule is COc1cc(C)ccc1C(O)CS(C)(=O)=O. The van der Waals surface area contributed by atoms with Crippen molar-refractivity contribution in [2.45, 2.75) is 13.0 Å². The van der Waals surface area contributed by atoms with E-state index in [9.17, 15) is 13.5 Å². The Kier molecular flexibility index (Phi) is 3.93. The van der Waals surface area contributed by atoms with E-state index in [1.165, 1.54) is 7.11 Å². The summed E-state index contributed by atoms with van der Waals surface area (Å²) in [5, 5.41) is 9.80. The van der Waals surface area contributed by atoms with E-state index in [-0.39, 0.29) is 5.75 Å². The highest BCUT2D eigenvalue weighted by atomic mass is 32.2. The summed E-state index contributed by atoms with van der Waals surface area (Å²) in [6.45, 7) is 1.90. The number of hydrogen-bond donors (Lipinski definition) is 1. The van der Waals surface area contributed by atoms with Gasteiger partial charge in [-0.05, 0) is 18.6 Å². The molecule has 0 fully saturated rings. The van der Waals surface area contributed by atoms with Crippen LogP contribution in [0, 0.1) is 6.92 Å². The van der Waals surface area contributed by atoms with Gasteiger partial charge in [0.2, 0.25) is 0 Å². The van der Waals surface area contributed by atoms with Crippen LogP contribution in [-0.2, 0) is 9.84 Å². The average Bonchev–Trinajstić information content (AvgIpc) is 2.14. The lowest BCUT2D eigenvalue weighted by Gasteiger charge is -2.14. The van der Waals surface area contributed by atoms with Crippen molar-refractivity contribution >= 4 is 9.84 Å². The van der Waals surface area contributed by atoms with Gasteiger partial charge in [-0.2, -0.15) is 0 Å². The van der Waals surface area contributed by atoms with Crippen LogP contribution >= 0.6 is 0 Å². The minimum Gasteiger partial charge on any atom is -0.496 e. The van der Waals surface area contributed by atoms with Crippen molar-refractivity contribution in [3.8, 4) is 5.75 Å². The summed E-state index contributed by atoms with van der Waals surface area (Å²) in [4.78, 5) is 0. The molecule has 0 heterocycles. The predicted molar refractivity (Wildman–Crippen MR) is 62.4 cm³/mol. The second-order valence-electron chi connectivity index (χ2n) is 3.85. The summed E-state index contributed by atoms with van der Waals surface area (Å²) in [5.41, 5.74) is 1.49. The molecule has 0 saturated carbocycles. The Bertz CT molecular complexity index is 465. The molecule has 0 aliphatic heterocycles. The van der Waals surface area contributed by atoms with Gasteiger partial charge in [-0.3, -0.25) is 0 Å². The van der Waals surface area contributed by atoms with E-state index in [0.29, 0.717) is 11.3 Å². The maximum absolute atomic E-state index is 11.1. The molecule has 1 atom stereocenters. The van der Waals surface area contributed by atoms with Crippen molar-refractivity contribution in [1.82, 2.24) is 0 Å². The van der Waals surface area contributed by atoms with Gasteiger partial charge >= 0.3 is 0 Å². The Balaban J connectivity index is 3.03. The largest absolute Gasteiger partial charge is 0.496 e. The van der Waals surface area contributed by atoms with E-state index in [2.05, 4.69) is 0 Å². The lowest BCUT2D eigenvalue weighted by Crippen LogP contribution is -2.13. The van der Waals surface area contributed by atoms with Gasteiger partial charge in [-0.15, -0.1) is 0 Å². The van der Waals surface area contributed by atoms with Gasteiger partial charge in [0.1, 0.15) is 15.6 Å². The van der Waals surface area contributed by atoms with Crippen molar-refractivity contribution in [2.24, 2.45) is 0 Å². The minimum absolute atomic E-state index is 0.299. The standard InChI is InChI=1S/C11H16O4S/c1-8-4-5-9(11(6-8)15-2)10(12)7-16(3,13)14/h4-6,10,12H,7H2,1-3H3. The van der Waals surface area contributed by atoms with E-state index < -0.39 is 15.9 Å². The fourth-order valence-corrected chi connectivity index (χ4v) is 2.22. The van der Waals surface area contributed by atoms with Crippen molar-refractivity contribution in [3.63, 3.8) is 0 Å². The summed E-state index contributed by atoms with van der Waals surface area (Å²) in [6.07, 6.45) is 0.0437. The Morgan fingerprint density at radius 1 is 1.44 bits per heavy atom. The average molecular weight is 244 g/mol. The highest BCUT2D eigenvalue weighted by molar-refractivity contribution is 7.90. The van der Waals surface area contributed by atoms with Gasteiger partial charge in [-0.25, -0.2) is 8.42 Å². The molecule has 5 heteroatoms. The molecule has 1 aromatic carbocycles. The third kappa shape index (κ3) is 3.50. The van der Waals surface area contributed by atoms with E-state index in [4.69, 9.17) is 4.74 Å². The number of sulfone groups is 1. The fourth-order valence-electron chi connectivity index (χ4n) is 1.47. The van der Waals surface area contributed by atoms with Crippen LogP contribution < -0.4 is 4.74 Å². The van der Waals surface area contributed by atoms with Crippen LogP contribution in [0.5, 0.6) is 5.75 Å². The lowest BCUT2D eigenvalue weighted by atomic mass is 10.1. The molecule has 1 unspecified atom stereocenters. The molecule has 0 bridgehead atoms. The quantitative estimate of drug-likeness (QED) is 0.861. The fraction of sp³-hybridized carbons (Fsp3) is 0.455. The highest BCUT2D eigenvalue weighted by Gasteiger charge is 2.18. The molecule has 1 N–H and O–H groups in total. The molecular formula is C11H16O4S. The summed E-state index contributed by atoms with van der Waals surface area (Å²) in [6, 6.07) is 5.26. The number of aliphatic hydroxyl groups is 1. The zero-order valence-corrected chi connectivity index (χ0v) is 10.4. The van der Waals surface area contributed by atoms with Crippen LogP contribution in [0.2, 0.25) is 0 Å². The first-order valence-corrected chi connectivity index (χ1v) is 6.90. The second-order valence-corrected chi connectivity index (χ2v) is 6.04. The number of ether oxygens (including phenoxy) is 1. The van der Waals surface area contributed by atoms with Gasteiger partial charge in [0, 0.05) is 11.8 Å². The van der Waals surface area contributed by atoms with Gasteiger partial charge in [-0.1, -0.05) is 12.1 Å². The number of benzene rings is 1. The molecule has 0 amide bonds. The number of hydrogen-bond acceptors (Lipinski definition) is 4. The number of aryl methyl sites for hydroxylation is 1. The molecule has 0 saturated heterocycles. The van der Waals surface area contributed by atoms with Crippen LogP contribution in [0.25, 0.3) is 0 Å². The number of methoxy groups -OCH3 is 1. The van der Waals surface area contributed by atoms with Crippen molar-refractivity contribution < 1.29 is 18.3 Å². The van der Waals surface area contributed by atoms with Gasteiger partial charge in [0.25, 0.3) is 0 Å². The molecule has 16 heavy (non-hydrogen) atoms. The zero-order valence-electron chi connectivity index (χ0n) is 9.60. The molecular weight excluding hydrogens is 228 g/mol. The molecule has 90 valence electrons. The normalized spacial score (nSPS) is 13.5. The first-order chi connectivity index (χ1) is 7.33. The maximum atomic E-state index is 11.1. The summed E-state index contributed by atoms with van der Waals surface area (Å²) in [7, 11) is -1.72. The van der Waals surface area contributed by atoms with E-state index in [0.717, 1.165) is 11.8 Å². The Hall–Kier alpha value is -1.07. The molecule has 0 aliphatic carbocycles. The Morgan fingerprint density at radius 3 is 2.56 bits per heavy atom. The van der Waals surface area contributed by atoms with Gasteiger partial charge < -0.3 is 9.84 Å². The van der Waals surface area contributed by atoms with Crippen molar-refractivity contribution in [3.05, 3.63) is 29.3 Å². The Morgan fingerprint density at radius 2 is 2.06 bits per heavy atom. The van der Waals surface area contributed by atoms with Crippen LogP contribution in [0.3, 0.4) is 0 Å². The number of aliphatic hydroxyl groups excluding tert-OH is 1. The lowest BCUT2D eigenvalue weighted by molar-refractivity contribution is 0.197. The molecule has 0 aliphatic rings. The van der Waals surface area contributed by atoms with E-state index in [1.807, 2.05) is 13.0 Å². The minimum atomic E-state index is -3.21. The first-order valence-electron chi connectivity index (χ1n) is 4.84. The van der Waals surface area contributed by atoms with Crippen molar-refractivity contribution in [2.75, 3.05) is 19.1 Å². The number of rotatable bonds is 4. The second kappa shape index (κ2) is 4.84. The molecule has 0 spiro atoms. The first kappa shape index (κ1) is 13.0. The van der Waals surface area contributed by atoms with Crippen LogP contribution in [0.1, 0.15) is 17.2 Å². The van der Waals surface area contributed by atoms with E-state index in [1.54, 1.807) is 12.1 Å². The molecule has 4 nitrogen and oxygen atoms in total. The summed E-state index contributed by atoms with van der Waals surface area (Å²) in [5.74, 6) is 0.211. The highest BCUT2D eigenvalue weighted by Crippen LogP contribution is 2.26. The topological polar surface area (TPSA) is 63.6 Å². The van der Waals surface area contributed by atoms with Gasteiger partial charge in [0.05, 0.1) is 19.0 Å². The third-order valence-corrected chi connectivity index (χ3v) is 3.13. The zero-order chi connectivity index (χ0) is 12.3. The van der Waals surface area contributed by atoms with Crippen LogP contribution in [-0.4, -0.2) is 32.6 Å². The third-order valence-electron chi connectivity index (χ3n) is 2.21. The maximum Gasteiger partial charge on any atom is 0.150 e. The van der Waals surface area contributed by atoms with Crippen molar-refractivity contribution in [1.29, 1.82) is 0 Å². The summed E-state index contributed by atoms with van der Waals surface area (Å²) >= 11 is 0. The predicted octanol–water partition coefficient (Wildman–Crippen LogP) is 1.08. The molecule has 0 radical (unpaired) electrons. The Labute approximate surface area is 95.8 Å². The molecule has 1 rings (SSSR count). The van der Waals surface area contributed by atoms with Gasteiger partial charge in [0.15, 0.2) is 0 Å². The van der Waals surface area contributed by atoms with Crippen LogP contribution in [0.15, 0.2) is 18.2 Å². The summed E-state index contributed by atoms with van der Waals surface area (Å²) < 4.78 is 27.3. The van der Waals surface area contributed by atoms with Crippen LogP contribution in [0.4, 0.5) is 0 Å². The smallest absolute Gasteiger partial charge is 0.150 e. The van der Waals surface area contributed by atoms with E-state index >= 15 is 0 Å². The monoisotopic (exact) mass is 244 g/mol. The molecule has 1 aromatic rings. The molecule has 0 aromatic heterocycles.